The molecular formula is C27H33N3O5S2. The van der Waals surface area contributed by atoms with Gasteiger partial charge >= 0.3 is 5.97 Å². The summed E-state index contributed by atoms with van der Waals surface area (Å²) in [5.74, 6) is 0.00916. The quantitative estimate of drug-likeness (QED) is 0.498. The Morgan fingerprint density at radius 2 is 1.78 bits per heavy atom. The summed E-state index contributed by atoms with van der Waals surface area (Å²) in [6.07, 6.45) is 1.73. The van der Waals surface area contributed by atoms with E-state index in [0.717, 1.165) is 24.0 Å². The summed E-state index contributed by atoms with van der Waals surface area (Å²) in [7, 11) is -3.73. The van der Waals surface area contributed by atoms with Crippen molar-refractivity contribution in [2.75, 3.05) is 12.4 Å². The van der Waals surface area contributed by atoms with Gasteiger partial charge in [0.1, 0.15) is 6.04 Å². The van der Waals surface area contributed by atoms with Gasteiger partial charge in [0.25, 0.3) is 5.91 Å². The summed E-state index contributed by atoms with van der Waals surface area (Å²) >= 11 is 1.40. The average Bonchev–Trinajstić information content (AvgIpc) is 3.61. The summed E-state index contributed by atoms with van der Waals surface area (Å²) in [5.41, 5.74) is 1.65. The van der Waals surface area contributed by atoms with Crippen LogP contribution in [0.4, 0.5) is 0 Å². The van der Waals surface area contributed by atoms with E-state index >= 15 is 0 Å². The molecule has 198 valence electrons. The molecule has 0 radical (unpaired) electrons. The predicted molar refractivity (Wildman–Crippen MR) is 146 cm³/mol. The van der Waals surface area contributed by atoms with Crippen molar-refractivity contribution < 1.29 is 22.7 Å². The molecule has 1 N–H and O–H groups in total. The van der Waals surface area contributed by atoms with E-state index in [1.807, 2.05) is 35.2 Å². The zero-order valence-corrected chi connectivity index (χ0v) is 23.2. The molecule has 1 atom stereocenters. The van der Waals surface area contributed by atoms with E-state index < -0.39 is 21.6 Å². The maximum absolute atomic E-state index is 13.1. The molecule has 0 bridgehead atoms. The van der Waals surface area contributed by atoms with E-state index in [-0.39, 0.29) is 29.3 Å². The number of amidine groups is 1. The number of rotatable bonds is 8. The van der Waals surface area contributed by atoms with Gasteiger partial charge in [-0.2, -0.15) is 4.99 Å². The monoisotopic (exact) mass is 543 g/mol. The molecule has 1 unspecified atom stereocenters. The van der Waals surface area contributed by atoms with Gasteiger partial charge in [-0.15, -0.1) is 0 Å². The number of benzene rings is 2. The van der Waals surface area contributed by atoms with E-state index in [2.05, 4.69) is 9.71 Å². The van der Waals surface area contributed by atoms with Crippen LogP contribution in [-0.4, -0.2) is 54.3 Å². The maximum Gasteiger partial charge on any atom is 0.329 e. The van der Waals surface area contributed by atoms with Gasteiger partial charge in [0.05, 0.1) is 11.5 Å². The molecular weight excluding hydrogens is 510 g/mol. The fraction of sp³-hybridized carbons (Fsp3) is 0.444. The first-order chi connectivity index (χ1) is 17.5. The largest absolute Gasteiger partial charge is 0.464 e. The van der Waals surface area contributed by atoms with Gasteiger partial charge in [-0.25, -0.2) is 17.9 Å². The highest BCUT2D eigenvalue weighted by Crippen LogP contribution is 2.33. The van der Waals surface area contributed by atoms with Crippen LogP contribution in [0.25, 0.3) is 11.1 Å². The summed E-state index contributed by atoms with van der Waals surface area (Å²) < 4.78 is 34.1. The molecule has 10 heteroatoms. The third-order valence-electron chi connectivity index (χ3n) is 5.92. The number of aliphatic imine (C=N–C) groups is 1. The first-order valence-corrected chi connectivity index (χ1v) is 14.9. The van der Waals surface area contributed by atoms with Crippen LogP contribution in [0.1, 0.15) is 46.1 Å². The zero-order valence-electron chi connectivity index (χ0n) is 21.6. The Kier molecular flexibility index (Phi) is 8.11. The van der Waals surface area contributed by atoms with Crippen molar-refractivity contribution in [2.45, 2.75) is 63.6 Å². The molecule has 1 aliphatic heterocycles. The van der Waals surface area contributed by atoms with E-state index in [0.29, 0.717) is 23.0 Å². The molecule has 1 saturated carbocycles. The third-order valence-corrected chi connectivity index (χ3v) is 8.80. The lowest BCUT2D eigenvalue weighted by atomic mass is 10.0. The molecule has 8 nitrogen and oxygen atoms in total. The molecule has 2 aromatic rings. The lowest BCUT2D eigenvalue weighted by Gasteiger charge is -2.24. The lowest BCUT2D eigenvalue weighted by molar-refractivity contribution is -0.147. The van der Waals surface area contributed by atoms with Gasteiger partial charge in [0.15, 0.2) is 5.17 Å². The first-order valence-electron chi connectivity index (χ1n) is 12.4. The van der Waals surface area contributed by atoms with Crippen molar-refractivity contribution in [3.05, 3.63) is 54.1 Å². The normalized spacial score (nSPS) is 19.3. The van der Waals surface area contributed by atoms with Gasteiger partial charge < -0.3 is 9.64 Å². The van der Waals surface area contributed by atoms with Crippen LogP contribution < -0.4 is 4.72 Å². The lowest BCUT2D eigenvalue weighted by Crippen LogP contribution is -2.40. The topological polar surface area (TPSA) is 105 Å². The van der Waals surface area contributed by atoms with Crippen molar-refractivity contribution >= 4 is 38.8 Å². The molecule has 0 aromatic heterocycles. The Labute approximate surface area is 222 Å². The van der Waals surface area contributed by atoms with Crippen LogP contribution >= 0.6 is 11.8 Å². The van der Waals surface area contributed by atoms with Crippen molar-refractivity contribution in [3.63, 3.8) is 0 Å². The first kappa shape index (κ1) is 27.3. The SMILES string of the molecule is CCOC(=O)C1CSC(=NC(=O)C2CC2)N1Cc1ccc(-c2ccccc2S(=O)(=O)NC(C)(C)C)cc1. The third kappa shape index (κ3) is 6.80. The summed E-state index contributed by atoms with van der Waals surface area (Å²) in [5, 5.41) is 0.545. The fourth-order valence-electron chi connectivity index (χ4n) is 4.07. The van der Waals surface area contributed by atoms with Crippen molar-refractivity contribution in [1.29, 1.82) is 0 Å². The van der Waals surface area contributed by atoms with E-state index in [9.17, 15) is 18.0 Å². The number of hydrogen-bond acceptors (Lipinski definition) is 6. The maximum atomic E-state index is 13.1. The Bertz CT molecular complexity index is 1300. The highest BCUT2D eigenvalue weighted by atomic mass is 32.2. The Morgan fingerprint density at radius 3 is 2.41 bits per heavy atom. The number of amides is 1. The highest BCUT2D eigenvalue weighted by Gasteiger charge is 2.38. The van der Waals surface area contributed by atoms with Crippen LogP contribution in [-0.2, 0) is 30.9 Å². The molecule has 1 heterocycles. The van der Waals surface area contributed by atoms with Crippen LogP contribution in [0.3, 0.4) is 0 Å². The summed E-state index contributed by atoms with van der Waals surface area (Å²) in [6.45, 7) is 7.83. The minimum atomic E-state index is -3.73. The minimum absolute atomic E-state index is 0.00000286. The van der Waals surface area contributed by atoms with Crippen molar-refractivity contribution in [3.8, 4) is 11.1 Å². The Hall–Kier alpha value is -2.69. The molecule has 4 rings (SSSR count). The number of sulfonamides is 1. The van der Waals surface area contributed by atoms with Crippen molar-refractivity contribution in [1.82, 2.24) is 9.62 Å². The number of esters is 1. The molecule has 1 aliphatic carbocycles. The van der Waals surface area contributed by atoms with E-state index in [1.54, 1.807) is 45.9 Å². The molecule has 0 spiro atoms. The Balaban J connectivity index is 1.59. The van der Waals surface area contributed by atoms with Crippen LogP contribution in [0.15, 0.2) is 58.4 Å². The van der Waals surface area contributed by atoms with Gasteiger partial charge in [0.2, 0.25) is 10.0 Å². The second-order valence-electron chi connectivity index (χ2n) is 10.3. The summed E-state index contributed by atoms with van der Waals surface area (Å²) in [4.78, 5) is 31.4. The fourth-order valence-corrected chi connectivity index (χ4v) is 6.85. The van der Waals surface area contributed by atoms with Crippen molar-refractivity contribution in [2.24, 2.45) is 10.9 Å². The Morgan fingerprint density at radius 1 is 1.11 bits per heavy atom. The number of ether oxygens (including phenoxy) is 1. The van der Waals surface area contributed by atoms with Crippen LogP contribution in [0.2, 0.25) is 0 Å². The molecule has 1 saturated heterocycles. The number of thioether (sulfide) groups is 1. The number of nitrogens with one attached hydrogen (secondary N) is 1. The molecule has 37 heavy (non-hydrogen) atoms. The number of carbonyl (C=O) groups excluding carboxylic acids is 2. The van der Waals surface area contributed by atoms with Gasteiger partial charge in [-0.05, 0) is 57.7 Å². The second kappa shape index (κ2) is 11.0. The van der Waals surface area contributed by atoms with E-state index in [4.69, 9.17) is 4.74 Å². The zero-order chi connectivity index (χ0) is 26.8. The number of hydrogen-bond donors (Lipinski definition) is 1. The number of nitrogens with zero attached hydrogens (tertiary/aromatic N) is 2. The second-order valence-corrected chi connectivity index (χ2v) is 12.9. The molecule has 2 fully saturated rings. The average molecular weight is 544 g/mol. The molecule has 2 aliphatic rings. The van der Waals surface area contributed by atoms with Crippen LogP contribution in [0, 0.1) is 5.92 Å². The van der Waals surface area contributed by atoms with Gasteiger partial charge in [-0.3, -0.25) is 4.79 Å². The minimum Gasteiger partial charge on any atom is -0.464 e. The molecule has 2 aromatic carbocycles. The van der Waals surface area contributed by atoms with Gasteiger partial charge in [-0.1, -0.05) is 54.2 Å². The van der Waals surface area contributed by atoms with Gasteiger partial charge in [0, 0.05) is 29.3 Å². The highest BCUT2D eigenvalue weighted by molar-refractivity contribution is 8.14. The summed E-state index contributed by atoms with van der Waals surface area (Å²) in [6, 6.07) is 13.9. The standard InChI is InChI=1S/C27H33N3O5S2/c1-5-35-25(32)22-17-36-26(28-24(31)20-14-15-20)30(22)16-18-10-12-19(13-11-18)21-8-6-7-9-23(21)37(33,34)29-27(2,3)4/h6-13,20,22,29H,5,14-17H2,1-4H3. The molecule has 1 amide bonds. The predicted octanol–water partition coefficient (Wildman–Crippen LogP) is 4.20. The van der Waals surface area contributed by atoms with Crippen LogP contribution in [0.5, 0.6) is 0 Å². The number of carbonyl (C=O) groups is 2. The smallest absolute Gasteiger partial charge is 0.329 e. The van der Waals surface area contributed by atoms with E-state index in [1.165, 1.54) is 11.8 Å².